The van der Waals surface area contributed by atoms with E-state index in [0.29, 0.717) is 18.1 Å². The highest BCUT2D eigenvalue weighted by Crippen LogP contribution is 2.20. The van der Waals surface area contributed by atoms with E-state index in [9.17, 15) is 8.42 Å². The normalized spacial score (nSPS) is 13.8. The van der Waals surface area contributed by atoms with Crippen LogP contribution in [0.4, 0.5) is 0 Å². The molecule has 7 heteroatoms. The zero-order valence-electron chi connectivity index (χ0n) is 13.6. The van der Waals surface area contributed by atoms with Gasteiger partial charge in [0.15, 0.2) is 0 Å². The summed E-state index contributed by atoms with van der Waals surface area (Å²) in [5, 5.41) is 3.12. The Kier molecular flexibility index (Phi) is 6.86. The molecule has 0 fully saturated rings. The maximum Gasteiger partial charge on any atom is 0.244 e. The minimum absolute atomic E-state index is 0.121. The fourth-order valence-electron chi connectivity index (χ4n) is 1.97. The van der Waals surface area contributed by atoms with Gasteiger partial charge in [0, 0.05) is 12.1 Å². The molecule has 0 saturated heterocycles. The number of rotatable bonds is 9. The Hall–Kier alpha value is -0.890. The highest BCUT2D eigenvalue weighted by molar-refractivity contribution is 7.89. The SMILES string of the molecule is CCNCc1cc(S(=O)(=O)NC(C)CCN(C)C)c(C)o1. The first kappa shape index (κ1) is 18.2. The molecule has 1 aromatic rings. The van der Waals surface area contributed by atoms with Crippen LogP contribution in [0.1, 0.15) is 31.8 Å². The monoisotopic (exact) mass is 317 g/mol. The number of hydrogen-bond acceptors (Lipinski definition) is 5. The van der Waals surface area contributed by atoms with Crippen LogP contribution in [0.3, 0.4) is 0 Å². The summed E-state index contributed by atoms with van der Waals surface area (Å²) in [5.74, 6) is 1.06. The molecule has 0 aliphatic heterocycles. The lowest BCUT2D eigenvalue weighted by molar-refractivity contribution is 0.379. The van der Waals surface area contributed by atoms with Crippen molar-refractivity contribution in [1.29, 1.82) is 0 Å². The Balaban J connectivity index is 2.75. The molecule has 1 heterocycles. The van der Waals surface area contributed by atoms with Gasteiger partial charge < -0.3 is 14.6 Å². The van der Waals surface area contributed by atoms with Crippen LogP contribution in [0.25, 0.3) is 0 Å². The van der Waals surface area contributed by atoms with E-state index < -0.39 is 10.0 Å². The number of nitrogens with one attached hydrogen (secondary N) is 2. The second kappa shape index (κ2) is 7.93. The summed E-state index contributed by atoms with van der Waals surface area (Å²) >= 11 is 0. The van der Waals surface area contributed by atoms with Crippen molar-refractivity contribution in [3.63, 3.8) is 0 Å². The van der Waals surface area contributed by atoms with Crippen molar-refractivity contribution < 1.29 is 12.8 Å². The summed E-state index contributed by atoms with van der Waals surface area (Å²) in [5.41, 5.74) is 0. The van der Waals surface area contributed by atoms with Gasteiger partial charge in [-0.3, -0.25) is 0 Å². The molecule has 2 N–H and O–H groups in total. The topological polar surface area (TPSA) is 74.6 Å². The van der Waals surface area contributed by atoms with Gasteiger partial charge in [0.1, 0.15) is 16.4 Å². The van der Waals surface area contributed by atoms with Gasteiger partial charge in [-0.25, -0.2) is 13.1 Å². The average molecular weight is 317 g/mol. The van der Waals surface area contributed by atoms with E-state index in [4.69, 9.17) is 4.42 Å². The van der Waals surface area contributed by atoms with Crippen molar-refractivity contribution in [3.8, 4) is 0 Å². The van der Waals surface area contributed by atoms with E-state index in [2.05, 4.69) is 10.0 Å². The molecule has 0 saturated carbocycles. The van der Waals surface area contributed by atoms with E-state index in [-0.39, 0.29) is 10.9 Å². The Morgan fingerprint density at radius 1 is 1.38 bits per heavy atom. The third-order valence-corrected chi connectivity index (χ3v) is 4.82. The zero-order chi connectivity index (χ0) is 16.0. The molecule has 0 amide bonds. The van der Waals surface area contributed by atoms with Crippen LogP contribution in [0.2, 0.25) is 0 Å². The molecule has 0 spiro atoms. The van der Waals surface area contributed by atoms with E-state index in [1.165, 1.54) is 0 Å². The number of sulfonamides is 1. The van der Waals surface area contributed by atoms with E-state index in [0.717, 1.165) is 19.5 Å². The van der Waals surface area contributed by atoms with Crippen molar-refractivity contribution in [1.82, 2.24) is 14.9 Å². The second-order valence-corrected chi connectivity index (χ2v) is 7.21. The molecular formula is C14H27N3O3S. The highest BCUT2D eigenvalue weighted by atomic mass is 32.2. The third-order valence-electron chi connectivity index (χ3n) is 3.13. The van der Waals surface area contributed by atoms with Crippen LogP contribution in [0, 0.1) is 6.92 Å². The first-order chi connectivity index (χ1) is 9.76. The summed E-state index contributed by atoms with van der Waals surface area (Å²) in [4.78, 5) is 2.26. The minimum Gasteiger partial charge on any atom is -0.464 e. The van der Waals surface area contributed by atoms with E-state index >= 15 is 0 Å². The van der Waals surface area contributed by atoms with Crippen LogP contribution in [0.15, 0.2) is 15.4 Å². The first-order valence-electron chi connectivity index (χ1n) is 7.23. The van der Waals surface area contributed by atoms with Gasteiger partial charge in [-0.1, -0.05) is 6.92 Å². The first-order valence-corrected chi connectivity index (χ1v) is 8.71. The van der Waals surface area contributed by atoms with Crippen molar-refractivity contribution in [2.24, 2.45) is 0 Å². The molecular weight excluding hydrogens is 290 g/mol. The molecule has 0 aromatic carbocycles. The van der Waals surface area contributed by atoms with Crippen LogP contribution < -0.4 is 10.0 Å². The van der Waals surface area contributed by atoms with Gasteiger partial charge >= 0.3 is 0 Å². The molecule has 0 aliphatic rings. The zero-order valence-corrected chi connectivity index (χ0v) is 14.4. The molecule has 0 aliphatic carbocycles. The van der Waals surface area contributed by atoms with Crippen LogP contribution in [-0.2, 0) is 16.6 Å². The number of hydrogen-bond donors (Lipinski definition) is 2. The van der Waals surface area contributed by atoms with Crippen molar-refractivity contribution in [3.05, 3.63) is 17.6 Å². The smallest absolute Gasteiger partial charge is 0.244 e. The van der Waals surface area contributed by atoms with Crippen molar-refractivity contribution >= 4 is 10.0 Å². The van der Waals surface area contributed by atoms with Crippen LogP contribution >= 0.6 is 0 Å². The van der Waals surface area contributed by atoms with Crippen LogP contribution in [-0.4, -0.2) is 46.5 Å². The second-order valence-electron chi connectivity index (χ2n) is 5.53. The maximum absolute atomic E-state index is 12.4. The fraction of sp³-hybridized carbons (Fsp3) is 0.714. The molecule has 21 heavy (non-hydrogen) atoms. The van der Waals surface area contributed by atoms with Crippen molar-refractivity contribution in [2.45, 2.75) is 44.7 Å². The van der Waals surface area contributed by atoms with Gasteiger partial charge in [0.25, 0.3) is 0 Å². The van der Waals surface area contributed by atoms with E-state index in [1.54, 1.807) is 13.0 Å². The van der Waals surface area contributed by atoms with Gasteiger partial charge in [-0.05, 0) is 47.5 Å². The molecule has 0 bridgehead atoms. The molecule has 0 radical (unpaired) electrons. The Labute approximate surface area is 127 Å². The summed E-state index contributed by atoms with van der Waals surface area (Å²) in [7, 11) is 0.401. The minimum atomic E-state index is -3.53. The number of nitrogens with zero attached hydrogens (tertiary/aromatic N) is 1. The summed E-state index contributed by atoms with van der Waals surface area (Å²) in [6, 6.07) is 1.47. The lowest BCUT2D eigenvalue weighted by atomic mass is 10.2. The molecule has 1 rings (SSSR count). The van der Waals surface area contributed by atoms with E-state index in [1.807, 2.05) is 32.8 Å². The fourth-order valence-corrected chi connectivity index (χ4v) is 3.45. The lowest BCUT2D eigenvalue weighted by Gasteiger charge is -2.16. The number of aryl methyl sites for hydroxylation is 1. The van der Waals surface area contributed by atoms with Gasteiger partial charge in [-0.2, -0.15) is 0 Å². The predicted octanol–water partition coefficient (Wildman–Crippen LogP) is 1.32. The van der Waals surface area contributed by atoms with Crippen LogP contribution in [0.5, 0.6) is 0 Å². The van der Waals surface area contributed by atoms with Gasteiger partial charge in [-0.15, -0.1) is 0 Å². The Bertz CT molecular complexity index is 538. The number of furan rings is 1. The molecule has 6 nitrogen and oxygen atoms in total. The quantitative estimate of drug-likeness (QED) is 0.718. The summed E-state index contributed by atoms with van der Waals surface area (Å²) in [6.45, 7) is 7.70. The van der Waals surface area contributed by atoms with Crippen molar-refractivity contribution in [2.75, 3.05) is 27.2 Å². The van der Waals surface area contributed by atoms with Gasteiger partial charge in [0.05, 0.1) is 6.54 Å². The summed E-state index contributed by atoms with van der Waals surface area (Å²) in [6.07, 6.45) is 0.757. The molecule has 1 aromatic heterocycles. The molecule has 1 atom stereocenters. The summed E-state index contributed by atoms with van der Waals surface area (Å²) < 4.78 is 33.0. The Morgan fingerprint density at radius 3 is 2.62 bits per heavy atom. The molecule has 1 unspecified atom stereocenters. The standard InChI is InChI=1S/C14H27N3O3S/c1-6-15-10-13-9-14(12(3)20-13)21(18,19)16-11(2)7-8-17(4)5/h9,11,15-16H,6-8,10H2,1-5H3. The largest absolute Gasteiger partial charge is 0.464 e. The lowest BCUT2D eigenvalue weighted by Crippen LogP contribution is -2.34. The maximum atomic E-state index is 12.4. The molecule has 122 valence electrons. The average Bonchev–Trinajstić information content (AvgIpc) is 2.75. The Morgan fingerprint density at radius 2 is 2.05 bits per heavy atom. The highest BCUT2D eigenvalue weighted by Gasteiger charge is 2.23. The predicted molar refractivity (Wildman–Crippen MR) is 83.8 cm³/mol. The van der Waals surface area contributed by atoms with Gasteiger partial charge in [0.2, 0.25) is 10.0 Å². The third kappa shape index (κ3) is 5.78.